The van der Waals surface area contributed by atoms with Gasteiger partial charge < -0.3 is 5.11 Å². The van der Waals surface area contributed by atoms with Crippen LogP contribution >= 0.6 is 11.3 Å². The number of allylic oxidation sites excluding steroid dienone is 2. The van der Waals surface area contributed by atoms with Crippen LogP contribution in [-0.2, 0) is 4.79 Å². The Morgan fingerprint density at radius 1 is 1.15 bits per heavy atom. The topological polar surface area (TPSA) is 37.3 Å². The van der Waals surface area contributed by atoms with Crippen LogP contribution in [0, 0.1) is 28.6 Å². The molecule has 0 unspecified atom stereocenters. The Labute approximate surface area is 166 Å². The van der Waals surface area contributed by atoms with Gasteiger partial charge in [-0.05, 0) is 91.2 Å². The standard InChI is InChI=1S/C24H30O2S/c1-23-9-7-17(25)14-16(23)5-6-19-20(23)8-10-24(2)21(19)13-15(22(24)26)12-18-4-3-11-27-18/h3-5,11-12,17,19-21,25H,6-10,13-14H2,1-2H3/t17-,19+,20-,21+,23-,24-/m0/s1. The van der Waals surface area contributed by atoms with E-state index in [1.54, 1.807) is 11.3 Å². The molecule has 0 radical (unpaired) electrons. The first-order valence-corrected chi connectivity index (χ1v) is 11.5. The SMILES string of the molecule is C[C@]12CC[C@H](O)CC1=CC[C@H]1[C@H]3CC(=Cc4cccs4)C(=O)[C@@]3(C)CC[C@@H]12. The number of ketones is 1. The monoisotopic (exact) mass is 382 g/mol. The second-order valence-corrected chi connectivity index (χ2v) is 10.8. The molecule has 0 aliphatic heterocycles. The van der Waals surface area contributed by atoms with E-state index in [-0.39, 0.29) is 16.9 Å². The van der Waals surface area contributed by atoms with Gasteiger partial charge in [-0.15, -0.1) is 11.3 Å². The molecule has 0 spiro atoms. The van der Waals surface area contributed by atoms with Gasteiger partial charge in [-0.3, -0.25) is 4.79 Å². The molecule has 3 saturated carbocycles. The molecule has 1 heterocycles. The summed E-state index contributed by atoms with van der Waals surface area (Å²) < 4.78 is 0. The maximum Gasteiger partial charge on any atom is 0.165 e. The molecule has 1 aromatic heterocycles. The maximum atomic E-state index is 13.4. The Morgan fingerprint density at radius 3 is 2.74 bits per heavy atom. The van der Waals surface area contributed by atoms with Gasteiger partial charge in [-0.25, -0.2) is 0 Å². The molecule has 27 heavy (non-hydrogen) atoms. The minimum absolute atomic E-state index is 0.150. The van der Waals surface area contributed by atoms with Crippen LogP contribution in [-0.4, -0.2) is 17.0 Å². The third kappa shape index (κ3) is 2.57. The summed E-state index contributed by atoms with van der Waals surface area (Å²) in [5.41, 5.74) is 2.64. The van der Waals surface area contributed by atoms with Crippen LogP contribution in [0.3, 0.4) is 0 Å². The highest BCUT2D eigenvalue weighted by Gasteiger charge is 2.59. The smallest absolute Gasteiger partial charge is 0.165 e. The van der Waals surface area contributed by atoms with Crippen molar-refractivity contribution >= 4 is 23.2 Å². The average molecular weight is 383 g/mol. The van der Waals surface area contributed by atoms with E-state index in [1.165, 1.54) is 16.9 Å². The van der Waals surface area contributed by atoms with Crippen molar-refractivity contribution in [3.05, 3.63) is 39.6 Å². The summed E-state index contributed by atoms with van der Waals surface area (Å²) in [5.74, 6) is 2.19. The predicted octanol–water partition coefficient (Wildman–Crippen LogP) is 5.63. The van der Waals surface area contributed by atoms with Crippen molar-refractivity contribution in [3.63, 3.8) is 0 Å². The molecule has 5 rings (SSSR count). The van der Waals surface area contributed by atoms with Crippen LogP contribution in [0.1, 0.15) is 63.7 Å². The summed E-state index contributed by atoms with van der Waals surface area (Å²) in [4.78, 5) is 14.6. The molecule has 1 aromatic rings. The summed E-state index contributed by atoms with van der Waals surface area (Å²) in [7, 11) is 0. The van der Waals surface area contributed by atoms with E-state index in [4.69, 9.17) is 0 Å². The van der Waals surface area contributed by atoms with Crippen LogP contribution in [0.2, 0.25) is 0 Å². The molecular weight excluding hydrogens is 352 g/mol. The van der Waals surface area contributed by atoms with Crippen LogP contribution in [0.25, 0.3) is 6.08 Å². The van der Waals surface area contributed by atoms with Gasteiger partial charge in [0, 0.05) is 10.3 Å². The summed E-state index contributed by atoms with van der Waals surface area (Å²) >= 11 is 1.72. The van der Waals surface area contributed by atoms with Gasteiger partial charge >= 0.3 is 0 Å². The van der Waals surface area contributed by atoms with Crippen molar-refractivity contribution in [3.8, 4) is 0 Å². The summed E-state index contributed by atoms with van der Waals surface area (Å²) in [6.45, 7) is 4.70. The number of thiophene rings is 1. The Balaban J connectivity index is 1.49. The van der Waals surface area contributed by atoms with E-state index in [0.29, 0.717) is 23.5 Å². The summed E-state index contributed by atoms with van der Waals surface area (Å²) in [6, 6.07) is 4.18. The predicted molar refractivity (Wildman–Crippen MR) is 110 cm³/mol. The Bertz CT molecular complexity index is 819. The lowest BCUT2D eigenvalue weighted by atomic mass is 9.48. The zero-order valence-corrected chi connectivity index (χ0v) is 17.2. The molecule has 4 aliphatic rings. The number of carbonyl (C=O) groups excluding carboxylic acids is 1. The largest absolute Gasteiger partial charge is 0.393 e. The van der Waals surface area contributed by atoms with Crippen molar-refractivity contribution in [1.82, 2.24) is 0 Å². The number of carbonyl (C=O) groups is 1. The molecule has 0 saturated heterocycles. The second kappa shape index (κ2) is 6.15. The lowest BCUT2D eigenvalue weighted by Crippen LogP contribution is -2.50. The number of aliphatic hydroxyl groups is 1. The molecule has 0 bridgehead atoms. The molecule has 4 aliphatic carbocycles. The highest BCUT2D eigenvalue weighted by molar-refractivity contribution is 7.10. The third-order valence-corrected chi connectivity index (χ3v) is 9.40. The fourth-order valence-corrected chi connectivity index (χ4v) is 7.67. The van der Waals surface area contributed by atoms with Crippen molar-refractivity contribution in [2.24, 2.45) is 28.6 Å². The summed E-state index contributed by atoms with van der Waals surface area (Å²) in [6.07, 6.45) is 11.6. The van der Waals surface area contributed by atoms with Gasteiger partial charge in [-0.2, -0.15) is 0 Å². The molecule has 3 fully saturated rings. The lowest BCUT2D eigenvalue weighted by molar-refractivity contribution is -0.130. The minimum Gasteiger partial charge on any atom is -0.393 e. The van der Waals surface area contributed by atoms with Crippen LogP contribution in [0.5, 0.6) is 0 Å². The van der Waals surface area contributed by atoms with E-state index in [1.807, 2.05) is 0 Å². The molecule has 3 heteroatoms. The zero-order valence-electron chi connectivity index (χ0n) is 16.4. The molecule has 1 N–H and O–H groups in total. The van der Waals surface area contributed by atoms with Crippen LogP contribution in [0.15, 0.2) is 34.7 Å². The number of hydrogen-bond acceptors (Lipinski definition) is 3. The average Bonchev–Trinajstić information content (AvgIpc) is 3.24. The normalized spacial score (nSPS) is 45.2. The zero-order chi connectivity index (χ0) is 18.8. The van der Waals surface area contributed by atoms with Gasteiger partial charge in [0.1, 0.15) is 0 Å². The highest BCUT2D eigenvalue weighted by Crippen LogP contribution is 2.64. The molecular formula is C24H30O2S. The Kier molecular flexibility index (Phi) is 4.07. The number of hydrogen-bond donors (Lipinski definition) is 1. The van der Waals surface area contributed by atoms with Crippen molar-refractivity contribution in [2.75, 3.05) is 0 Å². The van der Waals surface area contributed by atoms with Gasteiger partial charge in [0.25, 0.3) is 0 Å². The van der Waals surface area contributed by atoms with E-state index in [9.17, 15) is 9.90 Å². The van der Waals surface area contributed by atoms with E-state index in [2.05, 4.69) is 43.5 Å². The number of fused-ring (bicyclic) bond motifs is 5. The molecule has 0 amide bonds. The van der Waals surface area contributed by atoms with E-state index < -0.39 is 0 Å². The third-order valence-electron chi connectivity index (χ3n) is 8.58. The lowest BCUT2D eigenvalue weighted by Gasteiger charge is -2.56. The molecule has 144 valence electrons. The van der Waals surface area contributed by atoms with Crippen molar-refractivity contribution in [1.29, 1.82) is 0 Å². The molecule has 2 nitrogen and oxygen atoms in total. The van der Waals surface area contributed by atoms with E-state index >= 15 is 0 Å². The Hall–Kier alpha value is -1.19. The minimum atomic E-state index is -0.167. The first kappa shape index (κ1) is 17.9. The number of aliphatic hydroxyl groups excluding tert-OH is 1. The summed E-state index contributed by atoms with van der Waals surface area (Å²) in [5, 5.41) is 12.2. The van der Waals surface area contributed by atoms with Gasteiger partial charge in [-0.1, -0.05) is 31.6 Å². The molecule has 0 aromatic carbocycles. The van der Waals surface area contributed by atoms with Crippen molar-refractivity contribution < 1.29 is 9.90 Å². The second-order valence-electron chi connectivity index (χ2n) is 9.83. The first-order valence-electron chi connectivity index (χ1n) is 10.6. The Morgan fingerprint density at radius 2 is 1.96 bits per heavy atom. The van der Waals surface area contributed by atoms with Crippen molar-refractivity contribution in [2.45, 2.75) is 64.9 Å². The van der Waals surface area contributed by atoms with E-state index in [0.717, 1.165) is 44.1 Å². The number of Topliss-reactive ketones (excluding diaryl/α,β-unsaturated/α-hetero) is 1. The highest BCUT2D eigenvalue weighted by atomic mass is 32.1. The number of rotatable bonds is 1. The molecule has 6 atom stereocenters. The quantitative estimate of drug-likeness (QED) is 0.504. The van der Waals surface area contributed by atoms with Gasteiger partial charge in [0.2, 0.25) is 0 Å². The first-order chi connectivity index (χ1) is 12.9. The fraction of sp³-hybridized carbons (Fsp3) is 0.625. The van der Waals surface area contributed by atoms with Crippen LogP contribution in [0.4, 0.5) is 0 Å². The fourth-order valence-electron chi connectivity index (χ4n) is 6.99. The maximum absolute atomic E-state index is 13.4. The van der Waals surface area contributed by atoms with Crippen LogP contribution < -0.4 is 0 Å². The van der Waals surface area contributed by atoms with Gasteiger partial charge in [0.05, 0.1) is 6.10 Å². The van der Waals surface area contributed by atoms with Gasteiger partial charge in [0.15, 0.2) is 5.78 Å².